The van der Waals surface area contributed by atoms with E-state index >= 15 is 0 Å². The van der Waals surface area contributed by atoms with Crippen molar-refractivity contribution < 1.29 is 4.42 Å². The summed E-state index contributed by atoms with van der Waals surface area (Å²) in [6.07, 6.45) is 3.94. The Morgan fingerprint density at radius 2 is 2.35 bits per heavy atom. The molecule has 2 aromatic rings. The first kappa shape index (κ1) is 10.4. The van der Waals surface area contributed by atoms with Gasteiger partial charge in [0.05, 0.1) is 0 Å². The molecule has 3 rings (SSSR count). The maximum absolute atomic E-state index is 5.70. The molecule has 0 radical (unpaired) electrons. The third-order valence-electron chi connectivity index (χ3n) is 3.17. The number of oxazole rings is 1. The second-order valence-corrected chi connectivity index (χ2v) is 4.97. The van der Waals surface area contributed by atoms with Gasteiger partial charge in [0.15, 0.2) is 5.58 Å². The molecule has 1 fully saturated rings. The zero-order valence-corrected chi connectivity index (χ0v) is 9.94. The van der Waals surface area contributed by atoms with Gasteiger partial charge in [-0.05, 0) is 31.4 Å². The van der Waals surface area contributed by atoms with Crippen LogP contribution in [0.2, 0.25) is 0 Å². The lowest BCUT2D eigenvalue weighted by Crippen LogP contribution is -2.15. The first-order valence-electron chi connectivity index (χ1n) is 6.13. The van der Waals surface area contributed by atoms with Crippen LogP contribution in [0.1, 0.15) is 26.2 Å². The number of nitrogen functional groups attached to an aromatic ring is 1. The van der Waals surface area contributed by atoms with Gasteiger partial charge in [0.25, 0.3) is 6.01 Å². The molecule has 1 unspecified atom stereocenters. The van der Waals surface area contributed by atoms with E-state index in [0.29, 0.717) is 17.7 Å². The van der Waals surface area contributed by atoms with Gasteiger partial charge in [0.1, 0.15) is 5.52 Å². The number of benzene rings is 1. The Morgan fingerprint density at radius 3 is 3.12 bits per heavy atom. The van der Waals surface area contributed by atoms with Crippen LogP contribution < -0.4 is 11.1 Å². The van der Waals surface area contributed by atoms with Crippen LogP contribution >= 0.6 is 0 Å². The van der Waals surface area contributed by atoms with Gasteiger partial charge in [-0.2, -0.15) is 4.98 Å². The van der Waals surface area contributed by atoms with Crippen molar-refractivity contribution >= 4 is 22.8 Å². The van der Waals surface area contributed by atoms with Crippen LogP contribution in [0, 0.1) is 5.92 Å². The predicted molar refractivity (Wildman–Crippen MR) is 68.8 cm³/mol. The number of nitrogens with zero attached hydrogens (tertiary/aromatic N) is 1. The molecule has 4 nitrogen and oxygen atoms in total. The Labute approximate surface area is 100 Å². The second-order valence-electron chi connectivity index (χ2n) is 4.97. The smallest absolute Gasteiger partial charge is 0.295 e. The van der Waals surface area contributed by atoms with E-state index in [4.69, 9.17) is 10.2 Å². The minimum atomic E-state index is 0.410. The van der Waals surface area contributed by atoms with E-state index in [-0.39, 0.29) is 0 Å². The molecular weight excluding hydrogens is 214 g/mol. The highest BCUT2D eigenvalue weighted by molar-refractivity contribution is 5.78. The molecule has 0 aliphatic heterocycles. The van der Waals surface area contributed by atoms with E-state index in [1.165, 1.54) is 19.3 Å². The molecule has 1 aromatic carbocycles. The Hall–Kier alpha value is -1.71. The summed E-state index contributed by atoms with van der Waals surface area (Å²) in [5.74, 6) is 0.900. The zero-order valence-electron chi connectivity index (χ0n) is 9.94. The van der Waals surface area contributed by atoms with Crippen molar-refractivity contribution in [1.82, 2.24) is 4.98 Å². The van der Waals surface area contributed by atoms with Gasteiger partial charge in [-0.15, -0.1) is 0 Å². The third kappa shape index (κ3) is 2.35. The van der Waals surface area contributed by atoms with E-state index in [1.807, 2.05) is 12.1 Å². The van der Waals surface area contributed by atoms with Crippen LogP contribution in [-0.4, -0.2) is 11.0 Å². The standard InChI is InChI=1S/C13H17N3O/c1-8(6-9-2-3-9)15-13-16-11-5-4-10(14)7-12(11)17-13/h4-5,7-9H,2-3,6,14H2,1H3,(H,15,16). The monoisotopic (exact) mass is 231 g/mol. The highest BCUT2D eigenvalue weighted by Gasteiger charge is 2.24. The molecule has 1 atom stereocenters. The molecule has 90 valence electrons. The fourth-order valence-corrected chi connectivity index (χ4v) is 2.13. The number of rotatable bonds is 4. The van der Waals surface area contributed by atoms with Crippen molar-refractivity contribution in [3.63, 3.8) is 0 Å². The average Bonchev–Trinajstić information content (AvgIpc) is 2.97. The molecule has 0 spiro atoms. The number of anilines is 2. The van der Waals surface area contributed by atoms with Gasteiger partial charge in [0, 0.05) is 17.8 Å². The Kier molecular flexibility index (Phi) is 2.42. The highest BCUT2D eigenvalue weighted by Crippen LogP contribution is 2.34. The van der Waals surface area contributed by atoms with Gasteiger partial charge in [-0.25, -0.2) is 0 Å². The Morgan fingerprint density at radius 1 is 1.53 bits per heavy atom. The minimum absolute atomic E-state index is 0.410. The molecule has 1 aromatic heterocycles. The number of hydrogen-bond donors (Lipinski definition) is 2. The summed E-state index contributed by atoms with van der Waals surface area (Å²) in [5, 5.41) is 3.30. The summed E-state index contributed by atoms with van der Waals surface area (Å²) in [6, 6.07) is 6.53. The van der Waals surface area contributed by atoms with Crippen molar-refractivity contribution in [2.45, 2.75) is 32.2 Å². The van der Waals surface area contributed by atoms with E-state index < -0.39 is 0 Å². The van der Waals surface area contributed by atoms with Crippen LogP contribution in [0.5, 0.6) is 0 Å². The average molecular weight is 231 g/mol. The van der Waals surface area contributed by atoms with Crippen LogP contribution in [0.15, 0.2) is 22.6 Å². The molecule has 17 heavy (non-hydrogen) atoms. The molecule has 0 saturated heterocycles. The lowest BCUT2D eigenvalue weighted by molar-refractivity contribution is 0.575. The normalized spacial score (nSPS) is 17.2. The SMILES string of the molecule is CC(CC1CC1)Nc1nc2ccc(N)cc2o1. The van der Waals surface area contributed by atoms with E-state index in [1.54, 1.807) is 6.07 Å². The van der Waals surface area contributed by atoms with Crippen molar-refractivity contribution in [3.05, 3.63) is 18.2 Å². The number of aromatic nitrogens is 1. The van der Waals surface area contributed by atoms with Crippen molar-refractivity contribution in [1.29, 1.82) is 0 Å². The van der Waals surface area contributed by atoms with Crippen molar-refractivity contribution in [2.75, 3.05) is 11.1 Å². The van der Waals surface area contributed by atoms with Crippen molar-refractivity contribution in [3.8, 4) is 0 Å². The lowest BCUT2D eigenvalue weighted by Gasteiger charge is -2.10. The molecule has 0 amide bonds. The van der Waals surface area contributed by atoms with E-state index in [2.05, 4.69) is 17.2 Å². The summed E-state index contributed by atoms with van der Waals surface area (Å²) in [4.78, 5) is 4.39. The fourth-order valence-electron chi connectivity index (χ4n) is 2.13. The first-order chi connectivity index (χ1) is 8.20. The molecule has 3 N–H and O–H groups in total. The van der Waals surface area contributed by atoms with Crippen LogP contribution in [-0.2, 0) is 0 Å². The van der Waals surface area contributed by atoms with Gasteiger partial charge < -0.3 is 15.5 Å². The quantitative estimate of drug-likeness (QED) is 0.794. The summed E-state index contributed by atoms with van der Waals surface area (Å²) < 4.78 is 5.62. The van der Waals surface area contributed by atoms with Crippen LogP contribution in [0.25, 0.3) is 11.1 Å². The van der Waals surface area contributed by atoms with E-state index in [0.717, 1.165) is 17.0 Å². The van der Waals surface area contributed by atoms with Gasteiger partial charge in [0.2, 0.25) is 0 Å². The number of fused-ring (bicyclic) bond motifs is 1. The van der Waals surface area contributed by atoms with Crippen LogP contribution in [0.4, 0.5) is 11.7 Å². The number of nitrogens with two attached hydrogens (primary N) is 1. The highest BCUT2D eigenvalue weighted by atomic mass is 16.4. The van der Waals surface area contributed by atoms with Crippen molar-refractivity contribution in [2.24, 2.45) is 5.92 Å². The zero-order chi connectivity index (χ0) is 11.8. The predicted octanol–water partition coefficient (Wildman–Crippen LogP) is 3.01. The lowest BCUT2D eigenvalue weighted by atomic mass is 10.2. The van der Waals surface area contributed by atoms with Gasteiger partial charge >= 0.3 is 0 Å². The van der Waals surface area contributed by atoms with Gasteiger partial charge in [-0.1, -0.05) is 12.8 Å². The third-order valence-corrected chi connectivity index (χ3v) is 3.17. The van der Waals surface area contributed by atoms with Crippen LogP contribution in [0.3, 0.4) is 0 Å². The maximum Gasteiger partial charge on any atom is 0.295 e. The first-order valence-corrected chi connectivity index (χ1v) is 6.13. The molecule has 1 aliphatic carbocycles. The molecule has 1 heterocycles. The molecule has 1 aliphatic rings. The summed E-state index contributed by atoms with van der Waals surface area (Å²) in [5.41, 5.74) is 7.99. The summed E-state index contributed by atoms with van der Waals surface area (Å²) >= 11 is 0. The topological polar surface area (TPSA) is 64.1 Å². The van der Waals surface area contributed by atoms with E-state index in [9.17, 15) is 0 Å². The molecule has 1 saturated carbocycles. The number of nitrogens with one attached hydrogen (secondary N) is 1. The molecule has 4 heteroatoms. The largest absolute Gasteiger partial charge is 0.423 e. The fraction of sp³-hybridized carbons (Fsp3) is 0.462. The molecule has 0 bridgehead atoms. The summed E-state index contributed by atoms with van der Waals surface area (Å²) in [7, 11) is 0. The maximum atomic E-state index is 5.70. The Bertz CT molecular complexity index is 530. The molecular formula is C13H17N3O. The van der Waals surface area contributed by atoms with Gasteiger partial charge in [-0.3, -0.25) is 0 Å². The second kappa shape index (κ2) is 3.95. The summed E-state index contributed by atoms with van der Waals surface area (Å²) in [6.45, 7) is 2.17. The minimum Gasteiger partial charge on any atom is -0.423 e. The number of hydrogen-bond acceptors (Lipinski definition) is 4. The Balaban J connectivity index is 1.75.